The van der Waals surface area contributed by atoms with Crippen molar-refractivity contribution in [3.05, 3.63) is 23.7 Å². The third kappa shape index (κ3) is 1.61. The van der Waals surface area contributed by atoms with E-state index < -0.39 is 0 Å². The summed E-state index contributed by atoms with van der Waals surface area (Å²) in [5.41, 5.74) is 0. The molecule has 0 N–H and O–H groups in total. The predicted molar refractivity (Wildman–Crippen MR) is 45.6 cm³/mol. The fourth-order valence-electron chi connectivity index (χ4n) is 1.25. The summed E-state index contributed by atoms with van der Waals surface area (Å²) in [4.78, 5) is 0. The molecule has 0 radical (unpaired) electrons. The molecule has 0 heterocycles. The zero-order valence-electron chi connectivity index (χ0n) is 7.66. The molecule has 0 saturated carbocycles. The van der Waals surface area contributed by atoms with Crippen LogP contribution < -0.4 is 0 Å². The highest BCUT2D eigenvalue weighted by Gasteiger charge is 2.20. The Morgan fingerprint density at radius 2 is 2.00 bits per heavy atom. The Morgan fingerprint density at radius 3 is 2.50 bits per heavy atom. The van der Waals surface area contributed by atoms with Crippen molar-refractivity contribution in [3.63, 3.8) is 0 Å². The molecular formula is C9H14O3. The van der Waals surface area contributed by atoms with Gasteiger partial charge in [-0.05, 0) is 12.5 Å². The summed E-state index contributed by atoms with van der Waals surface area (Å²) in [6.07, 6.45) is 4.74. The van der Waals surface area contributed by atoms with E-state index in [9.17, 15) is 0 Å². The number of ether oxygens (including phenoxy) is 3. The van der Waals surface area contributed by atoms with E-state index in [2.05, 4.69) is 0 Å². The van der Waals surface area contributed by atoms with Gasteiger partial charge in [-0.1, -0.05) is 6.08 Å². The van der Waals surface area contributed by atoms with Gasteiger partial charge >= 0.3 is 0 Å². The zero-order valence-corrected chi connectivity index (χ0v) is 7.66. The fraction of sp³-hybridized carbons (Fsp3) is 0.556. The van der Waals surface area contributed by atoms with Gasteiger partial charge in [-0.3, -0.25) is 0 Å². The zero-order chi connectivity index (χ0) is 8.97. The quantitative estimate of drug-likeness (QED) is 0.642. The Bertz CT molecular complexity index is 206. The summed E-state index contributed by atoms with van der Waals surface area (Å²) >= 11 is 0. The highest BCUT2D eigenvalue weighted by atomic mass is 16.5. The summed E-state index contributed by atoms with van der Waals surface area (Å²) in [6, 6.07) is 0. The number of rotatable bonds is 3. The topological polar surface area (TPSA) is 27.7 Å². The molecule has 0 spiro atoms. The summed E-state index contributed by atoms with van der Waals surface area (Å²) in [5.74, 6) is 1.51. The summed E-state index contributed by atoms with van der Waals surface area (Å²) in [7, 11) is 4.91. The standard InChI is InChI=1S/C9H14O3/c1-10-7-5-4-6-8(11-2)9(7)12-3/h4-5,8H,6H2,1-3H3. The van der Waals surface area contributed by atoms with Crippen LogP contribution in [-0.2, 0) is 14.2 Å². The summed E-state index contributed by atoms with van der Waals surface area (Å²) in [6.45, 7) is 0. The Kier molecular flexibility index (Phi) is 3.17. The molecular weight excluding hydrogens is 156 g/mol. The maximum atomic E-state index is 5.21. The van der Waals surface area contributed by atoms with Gasteiger partial charge in [0.15, 0.2) is 11.5 Å². The first kappa shape index (κ1) is 9.13. The van der Waals surface area contributed by atoms with Crippen LogP contribution in [0, 0.1) is 0 Å². The van der Waals surface area contributed by atoms with Crippen LogP contribution in [0.2, 0.25) is 0 Å². The highest BCUT2D eigenvalue weighted by molar-refractivity contribution is 5.24. The van der Waals surface area contributed by atoms with Crippen molar-refractivity contribution in [2.75, 3.05) is 21.3 Å². The number of allylic oxidation sites excluding steroid dienone is 1. The fourth-order valence-corrected chi connectivity index (χ4v) is 1.25. The molecule has 0 aromatic carbocycles. The minimum Gasteiger partial charge on any atom is -0.494 e. The average molecular weight is 170 g/mol. The molecule has 0 bridgehead atoms. The van der Waals surface area contributed by atoms with Crippen molar-refractivity contribution in [2.45, 2.75) is 12.5 Å². The van der Waals surface area contributed by atoms with Crippen LogP contribution in [0.5, 0.6) is 0 Å². The first-order chi connectivity index (χ1) is 5.83. The van der Waals surface area contributed by atoms with Gasteiger partial charge in [-0.2, -0.15) is 0 Å². The molecule has 0 amide bonds. The first-order valence-corrected chi connectivity index (χ1v) is 3.85. The molecule has 1 unspecified atom stereocenters. The van der Waals surface area contributed by atoms with Gasteiger partial charge in [0, 0.05) is 7.11 Å². The third-order valence-electron chi connectivity index (χ3n) is 1.88. The van der Waals surface area contributed by atoms with Crippen LogP contribution in [0.15, 0.2) is 23.7 Å². The molecule has 0 fully saturated rings. The van der Waals surface area contributed by atoms with Crippen molar-refractivity contribution in [1.82, 2.24) is 0 Å². The lowest BCUT2D eigenvalue weighted by atomic mass is 10.1. The Morgan fingerprint density at radius 1 is 1.25 bits per heavy atom. The van der Waals surface area contributed by atoms with E-state index in [0.717, 1.165) is 17.9 Å². The Balaban J connectivity index is 2.85. The van der Waals surface area contributed by atoms with Crippen LogP contribution in [0.1, 0.15) is 6.42 Å². The minimum atomic E-state index is -0.00468. The van der Waals surface area contributed by atoms with Crippen molar-refractivity contribution in [1.29, 1.82) is 0 Å². The molecule has 1 aliphatic carbocycles. The Labute approximate surface area is 72.6 Å². The molecule has 0 aromatic rings. The van der Waals surface area contributed by atoms with Gasteiger partial charge in [0.1, 0.15) is 6.10 Å². The molecule has 1 rings (SSSR count). The number of methoxy groups -OCH3 is 3. The largest absolute Gasteiger partial charge is 0.494 e. The van der Waals surface area contributed by atoms with Gasteiger partial charge in [-0.25, -0.2) is 0 Å². The van der Waals surface area contributed by atoms with Gasteiger partial charge in [0.2, 0.25) is 0 Å². The predicted octanol–water partition coefficient (Wildman–Crippen LogP) is 1.47. The molecule has 12 heavy (non-hydrogen) atoms. The SMILES string of the molecule is COC1=C(OC)C(OC)CC=C1. The monoisotopic (exact) mass is 170 g/mol. The number of hydrogen-bond acceptors (Lipinski definition) is 3. The second-order valence-corrected chi connectivity index (χ2v) is 2.50. The highest BCUT2D eigenvalue weighted by Crippen LogP contribution is 2.22. The number of hydrogen-bond donors (Lipinski definition) is 0. The van der Waals surface area contributed by atoms with Crippen LogP contribution in [0.3, 0.4) is 0 Å². The molecule has 3 nitrogen and oxygen atoms in total. The average Bonchev–Trinajstić information content (AvgIpc) is 2.16. The summed E-state index contributed by atoms with van der Waals surface area (Å²) < 4.78 is 15.5. The van der Waals surface area contributed by atoms with E-state index in [-0.39, 0.29) is 6.10 Å². The van der Waals surface area contributed by atoms with E-state index in [1.807, 2.05) is 12.2 Å². The lowest BCUT2D eigenvalue weighted by Gasteiger charge is -2.21. The minimum absolute atomic E-state index is 0.00468. The normalized spacial score (nSPS) is 22.8. The molecule has 1 atom stereocenters. The smallest absolute Gasteiger partial charge is 0.166 e. The Hall–Kier alpha value is -0.960. The van der Waals surface area contributed by atoms with Crippen LogP contribution >= 0.6 is 0 Å². The van der Waals surface area contributed by atoms with Crippen LogP contribution in [0.25, 0.3) is 0 Å². The molecule has 0 saturated heterocycles. The van der Waals surface area contributed by atoms with Crippen molar-refractivity contribution in [2.24, 2.45) is 0 Å². The second-order valence-electron chi connectivity index (χ2n) is 2.50. The third-order valence-corrected chi connectivity index (χ3v) is 1.88. The van der Waals surface area contributed by atoms with E-state index in [1.54, 1.807) is 21.3 Å². The molecule has 1 aliphatic rings. The maximum Gasteiger partial charge on any atom is 0.166 e. The van der Waals surface area contributed by atoms with E-state index >= 15 is 0 Å². The van der Waals surface area contributed by atoms with Gasteiger partial charge in [-0.15, -0.1) is 0 Å². The van der Waals surface area contributed by atoms with Crippen molar-refractivity contribution < 1.29 is 14.2 Å². The second kappa shape index (κ2) is 4.16. The molecule has 0 aliphatic heterocycles. The van der Waals surface area contributed by atoms with Crippen molar-refractivity contribution >= 4 is 0 Å². The summed E-state index contributed by atoms with van der Waals surface area (Å²) in [5, 5.41) is 0. The van der Waals surface area contributed by atoms with E-state index in [1.165, 1.54) is 0 Å². The van der Waals surface area contributed by atoms with Crippen LogP contribution in [0.4, 0.5) is 0 Å². The molecule has 68 valence electrons. The molecule has 0 aromatic heterocycles. The first-order valence-electron chi connectivity index (χ1n) is 3.85. The molecule has 3 heteroatoms. The van der Waals surface area contributed by atoms with Crippen molar-refractivity contribution in [3.8, 4) is 0 Å². The maximum absolute atomic E-state index is 5.21. The van der Waals surface area contributed by atoms with Crippen LogP contribution in [-0.4, -0.2) is 27.4 Å². The van der Waals surface area contributed by atoms with E-state index in [4.69, 9.17) is 14.2 Å². The van der Waals surface area contributed by atoms with Gasteiger partial charge in [0.05, 0.1) is 14.2 Å². The van der Waals surface area contributed by atoms with E-state index in [0.29, 0.717) is 0 Å². The lowest BCUT2D eigenvalue weighted by Crippen LogP contribution is -2.19. The van der Waals surface area contributed by atoms with Gasteiger partial charge < -0.3 is 14.2 Å². The lowest BCUT2D eigenvalue weighted by molar-refractivity contribution is 0.0674. The van der Waals surface area contributed by atoms with Gasteiger partial charge in [0.25, 0.3) is 0 Å².